The second-order valence-corrected chi connectivity index (χ2v) is 5.53. The molecule has 1 fully saturated rings. The average molecular weight is 314 g/mol. The van der Waals surface area contributed by atoms with E-state index in [1.54, 1.807) is 30.3 Å². The summed E-state index contributed by atoms with van der Waals surface area (Å²) in [6, 6.07) is 7.65. The number of hydrogen-bond acceptors (Lipinski definition) is 4. The van der Waals surface area contributed by atoms with Crippen LogP contribution in [-0.2, 0) is 4.79 Å². The summed E-state index contributed by atoms with van der Waals surface area (Å²) in [6.45, 7) is 0.653. The van der Waals surface area contributed by atoms with Crippen LogP contribution >= 0.6 is 0 Å². The van der Waals surface area contributed by atoms with E-state index in [9.17, 15) is 14.7 Å². The van der Waals surface area contributed by atoms with Crippen LogP contribution in [0.2, 0.25) is 0 Å². The van der Waals surface area contributed by atoms with Gasteiger partial charge in [0.2, 0.25) is 5.91 Å². The number of phenolic OH excluding ortho intramolecular Hbond substituents is 1. The van der Waals surface area contributed by atoms with E-state index in [1.807, 2.05) is 0 Å². The summed E-state index contributed by atoms with van der Waals surface area (Å²) in [6.07, 6.45) is 2.45. The van der Waals surface area contributed by atoms with E-state index >= 15 is 0 Å². The highest BCUT2D eigenvalue weighted by Crippen LogP contribution is 2.20. The first-order valence-electron chi connectivity index (χ1n) is 7.57. The predicted octanol–water partition coefficient (Wildman–Crippen LogP) is 1.18. The fraction of sp³-hybridized carbons (Fsp3) is 0.312. The van der Waals surface area contributed by atoms with Gasteiger partial charge in [0.05, 0.1) is 5.69 Å². The molecule has 0 spiro atoms. The Morgan fingerprint density at radius 2 is 2.04 bits per heavy atom. The molecule has 7 nitrogen and oxygen atoms in total. The van der Waals surface area contributed by atoms with Crippen LogP contribution in [0.5, 0.6) is 5.75 Å². The van der Waals surface area contributed by atoms with Gasteiger partial charge in [0.25, 0.3) is 5.91 Å². The van der Waals surface area contributed by atoms with Crippen molar-refractivity contribution in [3.8, 4) is 17.0 Å². The minimum absolute atomic E-state index is 0.144. The molecule has 120 valence electrons. The molecule has 0 radical (unpaired) electrons. The van der Waals surface area contributed by atoms with Crippen molar-refractivity contribution < 1.29 is 14.7 Å². The zero-order chi connectivity index (χ0) is 16.2. The Hall–Kier alpha value is -2.83. The highest BCUT2D eigenvalue weighted by Gasteiger charge is 2.23. The Kier molecular flexibility index (Phi) is 4.27. The van der Waals surface area contributed by atoms with Crippen LogP contribution in [0, 0.1) is 0 Å². The van der Waals surface area contributed by atoms with Crippen molar-refractivity contribution in [2.24, 2.45) is 0 Å². The molecule has 1 atom stereocenters. The first-order chi connectivity index (χ1) is 11.1. The van der Waals surface area contributed by atoms with Crippen LogP contribution in [0.1, 0.15) is 29.8 Å². The van der Waals surface area contributed by atoms with Crippen LogP contribution in [0.25, 0.3) is 11.3 Å². The number of nitrogens with one attached hydrogen (secondary N) is 3. The van der Waals surface area contributed by atoms with Gasteiger partial charge in [-0.05, 0) is 49.6 Å². The van der Waals surface area contributed by atoms with Gasteiger partial charge in [0.15, 0.2) is 0 Å². The van der Waals surface area contributed by atoms with Crippen LogP contribution < -0.4 is 10.6 Å². The maximum Gasteiger partial charge on any atom is 0.269 e. The number of H-pyrrole nitrogens is 1. The minimum Gasteiger partial charge on any atom is -0.508 e. The molecule has 0 aliphatic carbocycles. The minimum atomic E-state index is -0.509. The fourth-order valence-electron chi connectivity index (χ4n) is 2.53. The molecule has 0 saturated carbocycles. The molecule has 1 aromatic carbocycles. The van der Waals surface area contributed by atoms with E-state index in [4.69, 9.17) is 0 Å². The molecular formula is C16H18N4O3. The molecule has 2 amide bonds. The van der Waals surface area contributed by atoms with Gasteiger partial charge in [0, 0.05) is 12.1 Å². The number of aromatic amines is 1. The van der Waals surface area contributed by atoms with Crippen molar-refractivity contribution in [2.45, 2.75) is 25.3 Å². The third kappa shape index (κ3) is 3.50. The highest BCUT2D eigenvalue weighted by molar-refractivity contribution is 5.96. The van der Waals surface area contributed by atoms with Gasteiger partial charge >= 0.3 is 0 Å². The topological polar surface area (TPSA) is 107 Å². The number of carbonyl (C=O) groups excluding carboxylic acids is 2. The summed E-state index contributed by atoms with van der Waals surface area (Å²) in [7, 11) is 0. The van der Waals surface area contributed by atoms with Crippen LogP contribution in [0.15, 0.2) is 30.3 Å². The van der Waals surface area contributed by atoms with Crippen molar-refractivity contribution in [3.05, 3.63) is 36.0 Å². The first kappa shape index (κ1) is 15.1. The van der Waals surface area contributed by atoms with Gasteiger partial charge in [-0.2, -0.15) is 5.10 Å². The monoisotopic (exact) mass is 314 g/mol. The number of benzene rings is 1. The van der Waals surface area contributed by atoms with Gasteiger partial charge in [-0.15, -0.1) is 0 Å². The lowest BCUT2D eigenvalue weighted by atomic mass is 10.1. The molecule has 2 aromatic rings. The fourth-order valence-corrected chi connectivity index (χ4v) is 2.53. The van der Waals surface area contributed by atoms with E-state index in [2.05, 4.69) is 20.8 Å². The number of rotatable bonds is 3. The summed E-state index contributed by atoms with van der Waals surface area (Å²) in [5.41, 5.74) is 1.68. The molecule has 3 rings (SSSR count). The summed E-state index contributed by atoms with van der Waals surface area (Å²) in [5.74, 6) is -0.333. The molecule has 1 aromatic heterocycles. The second-order valence-electron chi connectivity index (χ2n) is 5.53. The molecule has 4 N–H and O–H groups in total. The quantitative estimate of drug-likeness (QED) is 0.682. The van der Waals surface area contributed by atoms with Crippen molar-refractivity contribution in [1.29, 1.82) is 0 Å². The van der Waals surface area contributed by atoms with Gasteiger partial charge in [-0.3, -0.25) is 14.7 Å². The number of aromatic nitrogens is 2. The van der Waals surface area contributed by atoms with E-state index in [1.165, 1.54) is 0 Å². The van der Waals surface area contributed by atoms with Crippen molar-refractivity contribution in [2.75, 3.05) is 6.54 Å². The number of carbonyl (C=O) groups is 2. The van der Waals surface area contributed by atoms with E-state index < -0.39 is 6.04 Å². The Balaban J connectivity index is 1.70. The van der Waals surface area contributed by atoms with E-state index in [0.29, 0.717) is 24.4 Å². The van der Waals surface area contributed by atoms with Crippen molar-refractivity contribution in [3.63, 3.8) is 0 Å². The Morgan fingerprint density at radius 1 is 1.26 bits per heavy atom. The number of aromatic hydroxyl groups is 1. The summed E-state index contributed by atoms with van der Waals surface area (Å²) >= 11 is 0. The number of hydrogen-bond donors (Lipinski definition) is 4. The van der Waals surface area contributed by atoms with Crippen molar-refractivity contribution in [1.82, 2.24) is 20.8 Å². The van der Waals surface area contributed by atoms with E-state index in [-0.39, 0.29) is 17.6 Å². The first-order valence-corrected chi connectivity index (χ1v) is 7.57. The lowest BCUT2D eigenvalue weighted by Gasteiger charge is -2.14. The largest absolute Gasteiger partial charge is 0.508 e. The SMILES string of the molecule is O=C(N[C@H]1CCCCNC1=O)c1cc(-c2ccc(O)cc2)n[nH]1. The summed E-state index contributed by atoms with van der Waals surface area (Å²) in [5, 5.41) is 21.6. The lowest BCUT2D eigenvalue weighted by molar-refractivity contribution is -0.122. The third-order valence-corrected chi connectivity index (χ3v) is 3.83. The van der Waals surface area contributed by atoms with E-state index in [0.717, 1.165) is 18.4 Å². The van der Waals surface area contributed by atoms with Crippen molar-refractivity contribution >= 4 is 11.8 Å². The summed E-state index contributed by atoms with van der Waals surface area (Å²) in [4.78, 5) is 24.1. The predicted molar refractivity (Wildman–Crippen MR) is 83.8 cm³/mol. The molecule has 1 saturated heterocycles. The van der Waals surface area contributed by atoms with Gasteiger partial charge in [0.1, 0.15) is 17.5 Å². The summed E-state index contributed by atoms with van der Waals surface area (Å²) < 4.78 is 0. The smallest absolute Gasteiger partial charge is 0.269 e. The zero-order valence-corrected chi connectivity index (χ0v) is 12.5. The maximum atomic E-state index is 12.3. The number of nitrogens with zero attached hydrogens (tertiary/aromatic N) is 1. The third-order valence-electron chi connectivity index (χ3n) is 3.83. The second kappa shape index (κ2) is 6.51. The molecule has 23 heavy (non-hydrogen) atoms. The molecule has 7 heteroatoms. The highest BCUT2D eigenvalue weighted by atomic mass is 16.3. The standard InChI is InChI=1S/C16H18N4O3/c21-11-6-4-10(5-7-11)13-9-14(20-19-13)16(23)18-12-3-1-2-8-17-15(12)22/h4-7,9,12,21H,1-3,8H2,(H,17,22)(H,18,23)(H,19,20)/t12-/m0/s1. The normalized spacial score (nSPS) is 18.1. The molecule has 2 heterocycles. The number of amides is 2. The Labute approximate surface area is 133 Å². The Morgan fingerprint density at radius 3 is 2.83 bits per heavy atom. The van der Waals surface area contributed by atoms with Crippen LogP contribution in [0.3, 0.4) is 0 Å². The molecule has 0 bridgehead atoms. The number of phenols is 1. The molecular weight excluding hydrogens is 296 g/mol. The van der Waals surface area contributed by atoms with Crippen LogP contribution in [0.4, 0.5) is 0 Å². The lowest BCUT2D eigenvalue weighted by Crippen LogP contribution is -2.45. The zero-order valence-electron chi connectivity index (χ0n) is 12.5. The Bertz CT molecular complexity index is 708. The molecule has 0 unspecified atom stereocenters. The van der Waals surface area contributed by atoms with Gasteiger partial charge in [-0.1, -0.05) is 0 Å². The van der Waals surface area contributed by atoms with Gasteiger partial charge < -0.3 is 15.7 Å². The van der Waals surface area contributed by atoms with Gasteiger partial charge in [-0.25, -0.2) is 0 Å². The maximum absolute atomic E-state index is 12.3. The molecule has 1 aliphatic heterocycles. The average Bonchev–Trinajstić information content (AvgIpc) is 2.95. The van der Waals surface area contributed by atoms with Crippen LogP contribution in [-0.4, -0.2) is 39.7 Å². The molecule has 1 aliphatic rings.